The monoisotopic (exact) mass is 991 g/mol. The largest absolute Gasteiger partial charge is 0.508 e. The highest BCUT2D eigenvalue weighted by Crippen LogP contribution is 2.34. The van der Waals surface area contributed by atoms with Gasteiger partial charge in [-0.05, 0) is 107 Å². The Kier molecular flexibility index (Phi) is 19.7. The van der Waals surface area contributed by atoms with Gasteiger partial charge in [-0.2, -0.15) is 0 Å². The number of phenolic OH excluding ortho intramolecular Hbond substituents is 1. The van der Waals surface area contributed by atoms with Crippen LogP contribution < -0.4 is 15.4 Å². The summed E-state index contributed by atoms with van der Waals surface area (Å²) < 4.78 is 28.6. The van der Waals surface area contributed by atoms with E-state index in [9.17, 15) is 39.0 Å². The lowest BCUT2D eigenvalue weighted by molar-refractivity contribution is -0.152. The molecule has 392 valence electrons. The van der Waals surface area contributed by atoms with E-state index < -0.39 is 53.4 Å². The number of aliphatic hydroxyl groups is 1. The number of nitrogens with one attached hydrogen (secondary N) is 2. The van der Waals surface area contributed by atoms with Crippen LogP contribution in [0.2, 0.25) is 0 Å². The molecule has 0 radical (unpaired) electrons. The van der Waals surface area contributed by atoms with E-state index in [0.29, 0.717) is 50.1 Å². The molecule has 17 nitrogen and oxygen atoms in total. The fourth-order valence-corrected chi connectivity index (χ4v) is 11.0. The molecule has 6 atom stereocenters. The zero-order valence-electron chi connectivity index (χ0n) is 42.7. The molecular weight excluding hydrogens is 913 g/mol. The molecule has 3 aliphatic heterocycles. The predicted octanol–water partition coefficient (Wildman–Crippen LogP) is 5.33. The Hall–Kier alpha value is -5.26. The lowest BCUT2D eigenvalue weighted by atomic mass is 9.83. The SMILES string of the molecule is COC(=O)[C@@H]1C[C@@H](OC(C)(C)CCO)CN1C(=O)[C@@H](NC(=O)Cc1cccc(O)c1)C1CCCCC1.COC(=O)[C@@H]1C[C@@H]2CN1C(=O)[C@H](C1CCCCC1)NC(=O)Cc1cccc(c1)OCCC(C)(C)O2. The van der Waals surface area contributed by atoms with Gasteiger partial charge in [0.2, 0.25) is 23.6 Å². The summed E-state index contributed by atoms with van der Waals surface area (Å²) in [6.45, 7) is 8.65. The molecule has 17 heteroatoms. The molecule has 4 amide bonds. The first-order valence-corrected chi connectivity index (χ1v) is 25.7. The molecule has 2 saturated carbocycles. The lowest BCUT2D eigenvalue weighted by Crippen LogP contribution is -2.55. The first-order valence-electron chi connectivity index (χ1n) is 25.7. The van der Waals surface area contributed by atoms with Crippen molar-refractivity contribution in [1.29, 1.82) is 0 Å². The minimum atomic E-state index is -0.800. The number of nitrogens with zero attached hydrogens (tertiary/aromatic N) is 2. The van der Waals surface area contributed by atoms with Crippen LogP contribution in [-0.2, 0) is 60.6 Å². The van der Waals surface area contributed by atoms with Crippen LogP contribution in [0.15, 0.2) is 48.5 Å². The van der Waals surface area contributed by atoms with Gasteiger partial charge in [-0.15, -0.1) is 0 Å². The molecule has 7 rings (SSSR count). The Balaban J connectivity index is 0.000000232. The normalized spacial score (nSPS) is 24.9. The quantitative estimate of drug-likeness (QED) is 0.198. The average molecular weight is 991 g/mol. The van der Waals surface area contributed by atoms with Crippen molar-refractivity contribution in [3.05, 3.63) is 59.7 Å². The average Bonchev–Trinajstić information content (AvgIpc) is 3.96. The number of ether oxygens (including phenoxy) is 5. The standard InChI is InChI=1S/C27H40N2O7.C27H38N2O6/c1-27(2,12-13-30)36-21-16-22(26(34)35-3)29(17-21)25(33)24(19-9-5-4-6-10-19)28-23(32)15-18-8-7-11-20(31)14-18;1-27(2)12-13-34-20-11-7-8-18(14-20)15-23(30)28-24(19-9-5-4-6-10-19)25(31)29-17-21(35-27)16-22(29)26(32)33-3/h7-8,11,14,19,21-22,24,30-31H,4-6,9-10,12-13,15-17H2,1-3H3,(H,28,32);7-8,11,14,19,21-22,24H,4-6,9-10,12-13,15-17H2,1-3H3,(H,28,30)/t2*21-,22+,24+/m11/s1. The molecule has 2 aliphatic carbocycles. The summed E-state index contributed by atoms with van der Waals surface area (Å²) in [5.41, 5.74) is 0.356. The number of methoxy groups -OCH3 is 2. The minimum absolute atomic E-state index is 0.0246. The van der Waals surface area contributed by atoms with E-state index in [0.717, 1.165) is 69.8 Å². The number of phenols is 1. The van der Waals surface area contributed by atoms with Gasteiger partial charge in [0.15, 0.2) is 0 Å². The molecule has 4 fully saturated rings. The Bertz CT molecular complexity index is 2140. The fourth-order valence-electron chi connectivity index (χ4n) is 11.0. The second-order valence-corrected chi connectivity index (χ2v) is 21.2. The summed E-state index contributed by atoms with van der Waals surface area (Å²) in [6.07, 6.45) is 10.9. The van der Waals surface area contributed by atoms with Gasteiger partial charge in [0.1, 0.15) is 35.7 Å². The topological polar surface area (TPSA) is 220 Å². The first kappa shape index (κ1) is 55.1. The van der Waals surface area contributed by atoms with Crippen molar-refractivity contribution in [3.8, 4) is 11.5 Å². The van der Waals surface area contributed by atoms with E-state index in [4.69, 9.17) is 23.7 Å². The second kappa shape index (κ2) is 25.4. The van der Waals surface area contributed by atoms with Crippen molar-refractivity contribution >= 4 is 35.6 Å². The van der Waals surface area contributed by atoms with Crippen molar-refractivity contribution in [2.75, 3.05) is 40.5 Å². The van der Waals surface area contributed by atoms with E-state index in [1.54, 1.807) is 17.0 Å². The van der Waals surface area contributed by atoms with Gasteiger partial charge >= 0.3 is 11.9 Å². The highest BCUT2D eigenvalue weighted by atomic mass is 16.5. The minimum Gasteiger partial charge on any atom is -0.508 e. The molecule has 71 heavy (non-hydrogen) atoms. The summed E-state index contributed by atoms with van der Waals surface area (Å²) >= 11 is 0. The number of carbonyl (C=O) groups excluding carboxylic acids is 6. The molecule has 4 N–H and O–H groups in total. The van der Waals surface area contributed by atoms with E-state index >= 15 is 0 Å². The van der Waals surface area contributed by atoms with Crippen LogP contribution in [0.5, 0.6) is 11.5 Å². The summed E-state index contributed by atoms with van der Waals surface area (Å²) in [4.78, 5) is 82.3. The molecule has 5 aliphatic rings. The number of hydrogen-bond acceptors (Lipinski definition) is 13. The molecule has 2 saturated heterocycles. The van der Waals surface area contributed by atoms with Gasteiger partial charge < -0.3 is 54.3 Å². The van der Waals surface area contributed by atoms with Crippen LogP contribution in [0.1, 0.15) is 129 Å². The smallest absolute Gasteiger partial charge is 0.328 e. The van der Waals surface area contributed by atoms with Crippen molar-refractivity contribution in [1.82, 2.24) is 20.4 Å². The van der Waals surface area contributed by atoms with Gasteiger partial charge in [-0.25, -0.2) is 9.59 Å². The summed E-state index contributed by atoms with van der Waals surface area (Å²) in [5, 5.41) is 25.1. The number of carbonyl (C=O) groups is 6. The third kappa shape index (κ3) is 15.6. The number of aliphatic hydroxyl groups excluding tert-OH is 1. The Morgan fingerprint density at radius 3 is 2.24 bits per heavy atom. The molecule has 3 heterocycles. The number of benzene rings is 2. The molecular formula is C54H78N4O13. The predicted molar refractivity (Wildman–Crippen MR) is 263 cm³/mol. The first-order chi connectivity index (χ1) is 33.9. The number of likely N-dealkylation sites (tertiary alicyclic amines) is 1. The maximum atomic E-state index is 13.9. The van der Waals surface area contributed by atoms with Crippen LogP contribution in [0.3, 0.4) is 0 Å². The number of fused-ring (bicyclic) bond motifs is 4. The van der Waals surface area contributed by atoms with Crippen molar-refractivity contribution < 1.29 is 62.7 Å². The summed E-state index contributed by atoms with van der Waals surface area (Å²) in [7, 11) is 2.63. The van der Waals surface area contributed by atoms with Crippen LogP contribution in [0.4, 0.5) is 0 Å². The van der Waals surface area contributed by atoms with E-state index in [2.05, 4.69) is 10.6 Å². The molecule has 0 unspecified atom stereocenters. The third-order valence-corrected chi connectivity index (χ3v) is 14.6. The molecule has 2 aromatic rings. The number of hydrogen-bond donors (Lipinski definition) is 4. The molecule has 0 spiro atoms. The van der Waals surface area contributed by atoms with Crippen LogP contribution in [0, 0.1) is 11.8 Å². The van der Waals surface area contributed by atoms with Gasteiger partial charge in [0, 0.05) is 39.0 Å². The number of amides is 4. The highest BCUT2D eigenvalue weighted by molar-refractivity contribution is 5.93. The molecule has 0 aromatic heterocycles. The number of aromatic hydroxyl groups is 1. The zero-order valence-corrected chi connectivity index (χ0v) is 42.7. The van der Waals surface area contributed by atoms with Gasteiger partial charge in [0.05, 0.1) is 57.1 Å². The Morgan fingerprint density at radius 2 is 1.56 bits per heavy atom. The molecule has 4 bridgehead atoms. The van der Waals surface area contributed by atoms with E-state index in [1.165, 1.54) is 31.3 Å². The van der Waals surface area contributed by atoms with Crippen LogP contribution in [-0.4, -0.2) is 144 Å². The summed E-state index contributed by atoms with van der Waals surface area (Å²) in [6, 6.07) is 11.0. The second-order valence-electron chi connectivity index (χ2n) is 21.2. The Labute approximate surface area is 419 Å². The fraction of sp³-hybridized carbons (Fsp3) is 0.667. The third-order valence-electron chi connectivity index (χ3n) is 14.6. The maximum Gasteiger partial charge on any atom is 0.328 e. The van der Waals surface area contributed by atoms with E-state index in [-0.39, 0.29) is 73.3 Å². The van der Waals surface area contributed by atoms with Crippen LogP contribution >= 0.6 is 0 Å². The van der Waals surface area contributed by atoms with E-state index in [1.807, 2.05) is 52.0 Å². The number of esters is 2. The number of rotatable bonds is 12. The van der Waals surface area contributed by atoms with Crippen molar-refractivity contribution in [2.45, 2.75) is 178 Å². The molecule has 2 aromatic carbocycles. The van der Waals surface area contributed by atoms with Crippen molar-refractivity contribution in [2.24, 2.45) is 11.8 Å². The highest BCUT2D eigenvalue weighted by Gasteiger charge is 2.48. The Morgan fingerprint density at radius 1 is 0.887 bits per heavy atom. The maximum absolute atomic E-state index is 13.9. The van der Waals surface area contributed by atoms with Crippen LogP contribution in [0.25, 0.3) is 0 Å². The van der Waals surface area contributed by atoms with Crippen molar-refractivity contribution in [3.63, 3.8) is 0 Å². The van der Waals surface area contributed by atoms with Gasteiger partial charge in [-0.1, -0.05) is 62.8 Å². The van der Waals surface area contributed by atoms with Gasteiger partial charge in [-0.3, -0.25) is 19.2 Å². The lowest BCUT2D eigenvalue weighted by Gasteiger charge is -2.34. The summed E-state index contributed by atoms with van der Waals surface area (Å²) in [5.74, 6) is -1.19. The van der Waals surface area contributed by atoms with Gasteiger partial charge in [0.25, 0.3) is 0 Å². The zero-order chi connectivity index (χ0) is 51.3.